The summed E-state index contributed by atoms with van der Waals surface area (Å²) in [6.45, 7) is 2.82. The van der Waals surface area contributed by atoms with E-state index in [0.29, 0.717) is 18.8 Å². The van der Waals surface area contributed by atoms with Gasteiger partial charge in [0.25, 0.3) is 0 Å². The van der Waals surface area contributed by atoms with Crippen molar-refractivity contribution in [2.75, 3.05) is 18.1 Å². The Balaban J connectivity index is 2.02. The normalized spacial score (nSPS) is 23.2. The number of hydrogen-bond donors (Lipinski definition) is 2. The van der Waals surface area contributed by atoms with Gasteiger partial charge in [0.2, 0.25) is 0 Å². The number of hydrazine groups is 1. The van der Waals surface area contributed by atoms with Gasteiger partial charge in [-0.15, -0.1) is 0 Å². The summed E-state index contributed by atoms with van der Waals surface area (Å²) in [5, 5.41) is 0. The number of carbonyl (C=O) groups is 1. The van der Waals surface area contributed by atoms with Gasteiger partial charge in [0.1, 0.15) is 5.76 Å². The van der Waals surface area contributed by atoms with E-state index >= 15 is 0 Å². The Morgan fingerprint density at radius 1 is 1.58 bits per heavy atom. The molecule has 7 nitrogen and oxygen atoms in total. The first-order valence-electron chi connectivity index (χ1n) is 5.95. The highest BCUT2D eigenvalue weighted by Gasteiger charge is 2.28. The van der Waals surface area contributed by atoms with E-state index in [1.165, 1.54) is 0 Å². The van der Waals surface area contributed by atoms with Gasteiger partial charge < -0.3 is 4.42 Å². The number of amides is 1. The molecule has 0 aromatic carbocycles. The molecule has 3 N–H and O–H groups in total. The van der Waals surface area contributed by atoms with Crippen molar-refractivity contribution in [1.29, 1.82) is 0 Å². The highest BCUT2D eigenvalue weighted by atomic mass is 32.2. The first-order chi connectivity index (χ1) is 8.91. The fourth-order valence-corrected chi connectivity index (χ4v) is 3.75. The highest BCUT2D eigenvalue weighted by Crippen LogP contribution is 2.17. The van der Waals surface area contributed by atoms with Crippen molar-refractivity contribution in [3.8, 4) is 0 Å². The monoisotopic (exact) mass is 287 g/mol. The quantitative estimate of drug-likeness (QED) is 0.441. The molecule has 1 aromatic heterocycles. The molecule has 1 fully saturated rings. The number of nitrogens with two attached hydrogens (primary N) is 1. The molecular formula is C11H17N3O4S. The molecule has 8 heteroatoms. The second-order valence-electron chi connectivity index (χ2n) is 4.67. The first-order valence-corrected chi connectivity index (χ1v) is 7.77. The molecule has 2 rings (SSSR count). The number of rotatable bonds is 3. The van der Waals surface area contributed by atoms with Crippen molar-refractivity contribution in [3.63, 3.8) is 0 Å². The van der Waals surface area contributed by atoms with Gasteiger partial charge in [-0.1, -0.05) is 0 Å². The summed E-state index contributed by atoms with van der Waals surface area (Å²) >= 11 is 0. The molecule has 0 saturated carbocycles. The predicted molar refractivity (Wildman–Crippen MR) is 68.9 cm³/mol. The topological polar surface area (TPSA) is 106 Å². The van der Waals surface area contributed by atoms with Crippen LogP contribution in [0.5, 0.6) is 0 Å². The van der Waals surface area contributed by atoms with Gasteiger partial charge in [0, 0.05) is 12.6 Å². The number of nitrogen functional groups attached to an aromatic ring is 1. The van der Waals surface area contributed by atoms with Crippen molar-refractivity contribution >= 4 is 15.7 Å². The van der Waals surface area contributed by atoms with Crippen molar-refractivity contribution in [2.24, 2.45) is 5.84 Å². The number of sulfone groups is 1. The molecule has 1 unspecified atom stereocenters. The molecule has 1 saturated heterocycles. The fourth-order valence-electron chi connectivity index (χ4n) is 2.12. The lowest BCUT2D eigenvalue weighted by Crippen LogP contribution is -2.46. The van der Waals surface area contributed by atoms with Crippen LogP contribution in [0.3, 0.4) is 0 Å². The Morgan fingerprint density at radius 2 is 2.32 bits per heavy atom. The minimum Gasteiger partial charge on any atom is -0.455 e. The molecular weight excluding hydrogens is 270 g/mol. The fraction of sp³-hybridized carbons (Fsp3) is 0.545. The number of carbonyl (C=O) groups excluding carboxylic acids is 1. The van der Waals surface area contributed by atoms with Crippen LogP contribution < -0.4 is 11.3 Å². The van der Waals surface area contributed by atoms with Crippen molar-refractivity contribution < 1.29 is 17.6 Å². The van der Waals surface area contributed by atoms with E-state index in [0.717, 1.165) is 0 Å². The minimum absolute atomic E-state index is 0.0596. The zero-order chi connectivity index (χ0) is 14.0. The molecule has 1 amide bonds. The van der Waals surface area contributed by atoms with E-state index < -0.39 is 15.7 Å². The van der Waals surface area contributed by atoms with E-state index in [-0.39, 0.29) is 23.3 Å². The van der Waals surface area contributed by atoms with Crippen LogP contribution in [0.1, 0.15) is 23.2 Å². The lowest BCUT2D eigenvalue weighted by Gasteiger charge is -2.32. The van der Waals surface area contributed by atoms with Crippen LogP contribution in [-0.4, -0.2) is 43.3 Å². The lowest BCUT2D eigenvalue weighted by molar-refractivity contribution is 0.0921. The van der Waals surface area contributed by atoms with Gasteiger partial charge in [-0.05, 0) is 19.1 Å². The molecule has 0 bridgehead atoms. The highest BCUT2D eigenvalue weighted by molar-refractivity contribution is 7.91. The van der Waals surface area contributed by atoms with E-state index in [4.69, 9.17) is 10.3 Å². The summed E-state index contributed by atoms with van der Waals surface area (Å²) in [6, 6.07) is 3.18. The lowest BCUT2D eigenvalue weighted by atomic mass is 10.3. The SMILES string of the molecule is CC1CS(=O)(=O)CCN1Cc1ccc(C(=O)NN)o1. The maximum Gasteiger partial charge on any atom is 0.300 e. The zero-order valence-corrected chi connectivity index (χ0v) is 11.4. The largest absolute Gasteiger partial charge is 0.455 e. The average Bonchev–Trinajstić information content (AvgIpc) is 2.80. The van der Waals surface area contributed by atoms with Crippen molar-refractivity contribution in [2.45, 2.75) is 19.5 Å². The van der Waals surface area contributed by atoms with Gasteiger partial charge in [0.05, 0.1) is 18.1 Å². The van der Waals surface area contributed by atoms with Crippen LogP contribution in [0.25, 0.3) is 0 Å². The first kappa shape index (κ1) is 14.0. The smallest absolute Gasteiger partial charge is 0.300 e. The van der Waals surface area contributed by atoms with Gasteiger partial charge in [-0.3, -0.25) is 15.1 Å². The van der Waals surface area contributed by atoms with E-state index in [1.807, 2.05) is 17.2 Å². The van der Waals surface area contributed by atoms with Crippen molar-refractivity contribution in [1.82, 2.24) is 10.3 Å². The predicted octanol–water partition coefficient (Wildman–Crippen LogP) is -0.498. The van der Waals surface area contributed by atoms with E-state index in [2.05, 4.69) is 0 Å². The Kier molecular flexibility index (Phi) is 3.93. The summed E-state index contributed by atoms with van der Waals surface area (Å²) in [7, 11) is -2.92. The Hall–Kier alpha value is -1.38. The minimum atomic E-state index is -2.92. The molecule has 0 aliphatic carbocycles. The summed E-state index contributed by atoms with van der Waals surface area (Å²) < 4.78 is 28.3. The summed E-state index contributed by atoms with van der Waals surface area (Å²) in [4.78, 5) is 13.3. The third-order valence-corrected chi connectivity index (χ3v) is 4.98. The Labute approximate surface area is 111 Å². The maximum atomic E-state index is 11.5. The second kappa shape index (κ2) is 5.32. The number of nitrogens with one attached hydrogen (secondary N) is 1. The van der Waals surface area contributed by atoms with Crippen molar-refractivity contribution in [3.05, 3.63) is 23.7 Å². The van der Waals surface area contributed by atoms with Gasteiger partial charge in [0.15, 0.2) is 15.6 Å². The molecule has 0 spiro atoms. The van der Waals surface area contributed by atoms with Crippen LogP contribution in [-0.2, 0) is 16.4 Å². The van der Waals surface area contributed by atoms with E-state index in [1.54, 1.807) is 12.1 Å². The average molecular weight is 287 g/mol. The Morgan fingerprint density at radius 3 is 2.95 bits per heavy atom. The third-order valence-electron chi connectivity index (χ3n) is 3.18. The third kappa shape index (κ3) is 3.34. The molecule has 1 aliphatic rings. The number of furan rings is 1. The number of hydrogen-bond acceptors (Lipinski definition) is 6. The standard InChI is InChI=1S/C11H17N3O4S/c1-8-7-19(16,17)5-4-14(8)6-9-2-3-10(18-9)11(15)13-12/h2-3,8H,4-7,12H2,1H3,(H,13,15). The molecule has 1 aliphatic heterocycles. The molecule has 1 atom stereocenters. The van der Waals surface area contributed by atoms with Crippen LogP contribution >= 0.6 is 0 Å². The zero-order valence-electron chi connectivity index (χ0n) is 10.6. The maximum absolute atomic E-state index is 11.5. The van der Waals surface area contributed by atoms with Crippen LogP contribution in [0, 0.1) is 0 Å². The van der Waals surface area contributed by atoms with E-state index in [9.17, 15) is 13.2 Å². The summed E-state index contributed by atoms with van der Waals surface area (Å²) in [5.74, 6) is 5.61. The van der Waals surface area contributed by atoms with Gasteiger partial charge >= 0.3 is 5.91 Å². The second-order valence-corrected chi connectivity index (χ2v) is 6.90. The van der Waals surface area contributed by atoms with Crippen LogP contribution in [0.4, 0.5) is 0 Å². The van der Waals surface area contributed by atoms with Gasteiger partial charge in [-0.2, -0.15) is 0 Å². The number of nitrogens with zero attached hydrogens (tertiary/aromatic N) is 1. The molecule has 19 heavy (non-hydrogen) atoms. The van der Waals surface area contributed by atoms with Crippen LogP contribution in [0.15, 0.2) is 16.5 Å². The van der Waals surface area contributed by atoms with Gasteiger partial charge in [-0.25, -0.2) is 14.3 Å². The molecule has 0 radical (unpaired) electrons. The summed E-state index contributed by atoms with van der Waals surface area (Å²) in [6.07, 6.45) is 0. The molecule has 1 aromatic rings. The Bertz CT molecular complexity index is 566. The molecule has 106 valence electrons. The van der Waals surface area contributed by atoms with Crippen LogP contribution in [0.2, 0.25) is 0 Å². The summed E-state index contributed by atoms with van der Waals surface area (Å²) in [5.41, 5.74) is 1.99. The molecule has 2 heterocycles.